The second-order valence-electron chi connectivity index (χ2n) is 2.47. The summed E-state index contributed by atoms with van der Waals surface area (Å²) in [7, 11) is 0. The number of amides is 1. The summed E-state index contributed by atoms with van der Waals surface area (Å²) in [5.41, 5.74) is 5.86. The van der Waals surface area contributed by atoms with Crippen LogP contribution in [0.4, 0.5) is 5.82 Å². The lowest BCUT2D eigenvalue weighted by molar-refractivity contribution is 0.0957. The molecule has 0 spiro atoms. The zero-order valence-electron chi connectivity index (χ0n) is 7.16. The van der Waals surface area contributed by atoms with Gasteiger partial charge in [0.25, 0.3) is 5.91 Å². The zero-order chi connectivity index (χ0) is 9.68. The highest BCUT2D eigenvalue weighted by molar-refractivity contribution is 5.94. The Bertz CT molecular complexity index is 305. The van der Waals surface area contributed by atoms with Gasteiger partial charge in [-0.05, 0) is 12.1 Å². The first-order chi connectivity index (χ1) is 6.24. The third kappa shape index (κ3) is 2.59. The molecule has 0 atom stereocenters. The molecule has 1 rings (SSSR count). The highest BCUT2D eigenvalue weighted by atomic mass is 16.1. The minimum absolute atomic E-state index is 0.174. The van der Waals surface area contributed by atoms with Crippen molar-refractivity contribution in [3.8, 4) is 0 Å². The van der Waals surface area contributed by atoms with Gasteiger partial charge in [0.2, 0.25) is 0 Å². The summed E-state index contributed by atoms with van der Waals surface area (Å²) in [6.45, 7) is 3.94. The van der Waals surface area contributed by atoms with E-state index in [1.54, 1.807) is 18.2 Å². The van der Waals surface area contributed by atoms with Crippen LogP contribution < -0.4 is 11.1 Å². The van der Waals surface area contributed by atoms with E-state index >= 15 is 0 Å². The van der Waals surface area contributed by atoms with E-state index in [1.807, 2.05) is 0 Å². The summed E-state index contributed by atoms with van der Waals surface area (Å²) in [6, 6.07) is 3.21. The standard InChI is InChI=1S/C9H11N3O/c1-2-5-11-9(13)7-3-4-8(10)12-6-7/h2-4,6H,1,5H2,(H2,10,12)(H,11,13). The number of anilines is 1. The summed E-state index contributed by atoms with van der Waals surface area (Å²) in [4.78, 5) is 15.1. The molecule has 0 radical (unpaired) electrons. The van der Waals surface area contributed by atoms with Gasteiger partial charge in [-0.15, -0.1) is 6.58 Å². The van der Waals surface area contributed by atoms with Crippen LogP contribution in [-0.2, 0) is 0 Å². The van der Waals surface area contributed by atoms with E-state index in [0.29, 0.717) is 17.9 Å². The summed E-state index contributed by atoms with van der Waals surface area (Å²) in [5.74, 6) is 0.229. The van der Waals surface area contributed by atoms with E-state index in [2.05, 4.69) is 16.9 Å². The highest BCUT2D eigenvalue weighted by Gasteiger charge is 2.02. The van der Waals surface area contributed by atoms with E-state index in [-0.39, 0.29) is 5.91 Å². The van der Waals surface area contributed by atoms with Gasteiger partial charge in [-0.25, -0.2) is 4.98 Å². The van der Waals surface area contributed by atoms with E-state index in [0.717, 1.165) is 0 Å². The molecule has 0 aliphatic rings. The van der Waals surface area contributed by atoms with Gasteiger partial charge >= 0.3 is 0 Å². The molecular formula is C9H11N3O. The second kappa shape index (κ2) is 4.25. The molecule has 68 valence electrons. The Balaban J connectivity index is 2.66. The SMILES string of the molecule is C=CCNC(=O)c1ccc(N)nc1. The highest BCUT2D eigenvalue weighted by Crippen LogP contribution is 2.00. The number of nitrogens with two attached hydrogens (primary N) is 1. The Labute approximate surface area is 76.5 Å². The second-order valence-corrected chi connectivity index (χ2v) is 2.47. The van der Waals surface area contributed by atoms with Gasteiger partial charge in [-0.1, -0.05) is 6.08 Å². The van der Waals surface area contributed by atoms with Crippen LogP contribution in [0.5, 0.6) is 0 Å². The number of hydrogen-bond acceptors (Lipinski definition) is 3. The number of hydrogen-bond donors (Lipinski definition) is 2. The lowest BCUT2D eigenvalue weighted by Crippen LogP contribution is -2.23. The van der Waals surface area contributed by atoms with Gasteiger partial charge in [0.1, 0.15) is 5.82 Å². The van der Waals surface area contributed by atoms with Crippen LogP contribution in [0.25, 0.3) is 0 Å². The number of rotatable bonds is 3. The molecular weight excluding hydrogens is 166 g/mol. The average Bonchev–Trinajstić information content (AvgIpc) is 2.15. The molecule has 1 heterocycles. The van der Waals surface area contributed by atoms with Gasteiger partial charge in [-0.2, -0.15) is 0 Å². The molecule has 0 unspecified atom stereocenters. The van der Waals surface area contributed by atoms with Crippen molar-refractivity contribution in [2.45, 2.75) is 0 Å². The Kier molecular flexibility index (Phi) is 3.03. The maximum absolute atomic E-state index is 11.3. The molecule has 3 N–H and O–H groups in total. The maximum Gasteiger partial charge on any atom is 0.253 e. The summed E-state index contributed by atoms with van der Waals surface area (Å²) < 4.78 is 0. The lowest BCUT2D eigenvalue weighted by Gasteiger charge is -2.01. The lowest BCUT2D eigenvalue weighted by atomic mass is 10.2. The van der Waals surface area contributed by atoms with Crippen molar-refractivity contribution in [1.29, 1.82) is 0 Å². The van der Waals surface area contributed by atoms with Crippen molar-refractivity contribution in [2.24, 2.45) is 0 Å². The topological polar surface area (TPSA) is 68.0 Å². The summed E-state index contributed by atoms with van der Waals surface area (Å²) in [6.07, 6.45) is 3.05. The van der Waals surface area contributed by atoms with Crippen molar-refractivity contribution in [1.82, 2.24) is 10.3 Å². The molecule has 0 aromatic carbocycles. The fourth-order valence-electron chi connectivity index (χ4n) is 0.807. The largest absolute Gasteiger partial charge is 0.384 e. The van der Waals surface area contributed by atoms with Gasteiger partial charge in [-0.3, -0.25) is 4.79 Å². The fourth-order valence-corrected chi connectivity index (χ4v) is 0.807. The van der Waals surface area contributed by atoms with Gasteiger partial charge in [0.05, 0.1) is 5.56 Å². The molecule has 0 bridgehead atoms. The van der Waals surface area contributed by atoms with Gasteiger partial charge in [0.15, 0.2) is 0 Å². The number of aromatic nitrogens is 1. The van der Waals surface area contributed by atoms with Gasteiger partial charge < -0.3 is 11.1 Å². The summed E-state index contributed by atoms with van der Waals surface area (Å²) in [5, 5.41) is 2.63. The predicted molar refractivity (Wildman–Crippen MR) is 51.2 cm³/mol. The third-order valence-corrected chi connectivity index (χ3v) is 1.46. The van der Waals surface area contributed by atoms with Crippen molar-refractivity contribution >= 4 is 11.7 Å². The van der Waals surface area contributed by atoms with Crippen LogP contribution in [0.2, 0.25) is 0 Å². The molecule has 13 heavy (non-hydrogen) atoms. The van der Waals surface area contributed by atoms with Crippen LogP contribution >= 0.6 is 0 Å². The minimum Gasteiger partial charge on any atom is -0.384 e. The van der Waals surface area contributed by atoms with Crippen molar-refractivity contribution in [3.63, 3.8) is 0 Å². The van der Waals surface area contributed by atoms with Crippen molar-refractivity contribution in [3.05, 3.63) is 36.5 Å². The number of nitrogen functional groups attached to an aromatic ring is 1. The number of pyridine rings is 1. The van der Waals surface area contributed by atoms with E-state index < -0.39 is 0 Å². The fraction of sp³-hybridized carbons (Fsp3) is 0.111. The first kappa shape index (κ1) is 9.25. The average molecular weight is 177 g/mol. The van der Waals surface area contributed by atoms with Crippen LogP contribution in [0.3, 0.4) is 0 Å². The molecule has 0 saturated carbocycles. The molecule has 1 amide bonds. The molecule has 0 saturated heterocycles. The maximum atomic E-state index is 11.3. The quantitative estimate of drug-likeness (QED) is 0.663. The molecule has 0 fully saturated rings. The zero-order valence-corrected chi connectivity index (χ0v) is 7.16. The molecule has 1 aromatic heterocycles. The monoisotopic (exact) mass is 177 g/mol. The first-order valence-corrected chi connectivity index (χ1v) is 3.84. The molecule has 0 aliphatic heterocycles. The Morgan fingerprint density at radius 3 is 3.00 bits per heavy atom. The van der Waals surface area contributed by atoms with Crippen molar-refractivity contribution < 1.29 is 4.79 Å². The van der Waals surface area contributed by atoms with Crippen molar-refractivity contribution in [2.75, 3.05) is 12.3 Å². The van der Waals surface area contributed by atoms with E-state index in [9.17, 15) is 4.79 Å². The Morgan fingerprint density at radius 1 is 1.69 bits per heavy atom. The molecule has 0 aliphatic carbocycles. The van der Waals surface area contributed by atoms with Crippen LogP contribution in [0.15, 0.2) is 31.0 Å². The predicted octanol–water partition coefficient (Wildman–Crippen LogP) is 0.580. The molecule has 1 aromatic rings. The molecule has 4 heteroatoms. The number of carbonyl (C=O) groups excluding carboxylic acids is 1. The molecule has 4 nitrogen and oxygen atoms in total. The van der Waals surface area contributed by atoms with Gasteiger partial charge in [0, 0.05) is 12.7 Å². The smallest absolute Gasteiger partial charge is 0.253 e. The number of nitrogens with zero attached hydrogens (tertiary/aromatic N) is 1. The van der Waals surface area contributed by atoms with E-state index in [4.69, 9.17) is 5.73 Å². The first-order valence-electron chi connectivity index (χ1n) is 3.84. The van der Waals surface area contributed by atoms with Crippen LogP contribution in [0.1, 0.15) is 10.4 Å². The Morgan fingerprint density at radius 2 is 2.46 bits per heavy atom. The Hall–Kier alpha value is -1.84. The van der Waals surface area contributed by atoms with E-state index in [1.165, 1.54) is 6.20 Å². The number of carbonyl (C=O) groups is 1. The van der Waals surface area contributed by atoms with Crippen LogP contribution in [-0.4, -0.2) is 17.4 Å². The minimum atomic E-state index is -0.174. The summed E-state index contributed by atoms with van der Waals surface area (Å²) >= 11 is 0. The third-order valence-electron chi connectivity index (χ3n) is 1.46. The van der Waals surface area contributed by atoms with Crippen LogP contribution in [0, 0.1) is 0 Å². The normalized spacial score (nSPS) is 9.23. The number of nitrogens with one attached hydrogen (secondary N) is 1.